The Morgan fingerprint density at radius 1 is 1.10 bits per heavy atom. The molecule has 2 aromatic rings. The minimum atomic E-state index is -3.73. The maximum Gasteiger partial charge on any atom is 0.261 e. The number of carbonyl (C=O) groups excluding carboxylic acids is 2. The van der Waals surface area contributed by atoms with Crippen LogP contribution in [0.4, 0.5) is 0 Å². The topological polar surface area (TPSA) is 118 Å². The first-order valence-corrected chi connectivity index (χ1v) is 11.4. The number of thiophene rings is 1. The molecule has 0 spiro atoms. The van der Waals surface area contributed by atoms with E-state index in [2.05, 4.69) is 10.6 Å². The third kappa shape index (κ3) is 5.99. The molecule has 2 heterocycles. The van der Waals surface area contributed by atoms with Crippen molar-refractivity contribution in [1.29, 1.82) is 0 Å². The highest BCUT2D eigenvalue weighted by Crippen LogP contribution is 2.13. The van der Waals surface area contributed by atoms with Crippen LogP contribution in [0.1, 0.15) is 23.5 Å². The van der Waals surface area contributed by atoms with Gasteiger partial charge in [-0.1, -0.05) is 19.9 Å². The first kappa shape index (κ1) is 22.8. The third-order valence-corrected chi connectivity index (χ3v) is 6.99. The molecule has 9 nitrogen and oxygen atoms in total. The van der Waals surface area contributed by atoms with Gasteiger partial charge in [0.05, 0.1) is 9.77 Å². The van der Waals surface area contributed by atoms with Crippen molar-refractivity contribution in [1.82, 2.24) is 19.5 Å². The molecule has 0 radical (unpaired) electrons. The predicted octanol–water partition coefficient (Wildman–Crippen LogP) is 0.487. The summed E-state index contributed by atoms with van der Waals surface area (Å²) in [5, 5.41) is 7.06. The molecule has 0 fully saturated rings. The Balaban J connectivity index is 1.94. The van der Waals surface area contributed by atoms with Gasteiger partial charge in [-0.25, -0.2) is 8.42 Å². The number of rotatable bonds is 10. The van der Waals surface area contributed by atoms with Gasteiger partial charge in [0.15, 0.2) is 0 Å². The minimum Gasteiger partial charge on any atom is -0.353 e. The molecule has 2 aromatic heterocycles. The van der Waals surface area contributed by atoms with Crippen LogP contribution in [0, 0.1) is 0 Å². The van der Waals surface area contributed by atoms with Crippen LogP contribution < -0.4 is 16.2 Å². The summed E-state index contributed by atoms with van der Waals surface area (Å²) in [6.45, 7) is 4.14. The van der Waals surface area contributed by atoms with Crippen LogP contribution in [0.25, 0.3) is 0 Å². The smallest absolute Gasteiger partial charge is 0.261 e. The van der Waals surface area contributed by atoms with Gasteiger partial charge in [-0.3, -0.25) is 14.4 Å². The van der Waals surface area contributed by atoms with Crippen LogP contribution in [0.15, 0.2) is 45.5 Å². The number of hydrogen-bond donors (Lipinski definition) is 2. The molecule has 2 amide bonds. The average Bonchev–Trinajstić information content (AvgIpc) is 3.22. The monoisotopic (exact) mass is 440 g/mol. The number of nitrogens with one attached hydrogen (secondary N) is 2. The van der Waals surface area contributed by atoms with Gasteiger partial charge in [0, 0.05) is 38.4 Å². The highest BCUT2D eigenvalue weighted by Gasteiger charge is 2.22. The van der Waals surface area contributed by atoms with Crippen LogP contribution >= 0.6 is 11.3 Å². The molecule has 0 bridgehead atoms. The number of sulfonamides is 1. The van der Waals surface area contributed by atoms with Gasteiger partial charge in [0.2, 0.25) is 15.9 Å². The average molecular weight is 441 g/mol. The summed E-state index contributed by atoms with van der Waals surface area (Å²) >= 11 is 1.32. The molecule has 0 saturated carbocycles. The van der Waals surface area contributed by atoms with Crippen LogP contribution in [-0.2, 0) is 21.4 Å². The molecule has 0 aliphatic rings. The SMILES string of the molecule is CCN(CC)S(=O)(=O)c1ccc(=O)n(CC(=O)NCCNC(=O)c2cccs2)c1. The molecule has 0 atom stereocenters. The van der Waals surface area contributed by atoms with Crippen LogP contribution in [0.2, 0.25) is 0 Å². The summed E-state index contributed by atoms with van der Waals surface area (Å²) in [5.74, 6) is -0.686. The Hall–Kier alpha value is -2.50. The van der Waals surface area contributed by atoms with Crippen molar-refractivity contribution in [2.75, 3.05) is 26.2 Å². The van der Waals surface area contributed by atoms with Crippen LogP contribution in [-0.4, -0.2) is 55.3 Å². The lowest BCUT2D eigenvalue weighted by atomic mass is 10.4. The van der Waals surface area contributed by atoms with E-state index in [0.717, 1.165) is 10.6 Å². The number of pyridine rings is 1. The van der Waals surface area contributed by atoms with Crippen molar-refractivity contribution in [3.05, 3.63) is 51.1 Å². The summed E-state index contributed by atoms with van der Waals surface area (Å²) in [5.41, 5.74) is -0.482. The fourth-order valence-electron chi connectivity index (χ4n) is 2.58. The van der Waals surface area contributed by atoms with E-state index >= 15 is 0 Å². The second-order valence-corrected chi connectivity index (χ2v) is 8.89. The van der Waals surface area contributed by atoms with Crippen molar-refractivity contribution in [3.63, 3.8) is 0 Å². The number of nitrogens with zero attached hydrogens (tertiary/aromatic N) is 2. The van der Waals surface area contributed by atoms with Crippen molar-refractivity contribution in [3.8, 4) is 0 Å². The van der Waals surface area contributed by atoms with Crippen molar-refractivity contribution in [2.45, 2.75) is 25.3 Å². The number of amides is 2. The molecule has 0 saturated heterocycles. The van der Waals surface area contributed by atoms with Gasteiger partial charge in [0.1, 0.15) is 6.54 Å². The standard InChI is InChI=1S/C18H24N4O5S2/c1-3-22(4-2)29(26,27)14-7-8-17(24)21(12-14)13-16(23)19-9-10-20-18(25)15-6-5-11-28-15/h5-8,11-12H,3-4,9-10,13H2,1-2H3,(H,19,23)(H,20,25). The van der Waals surface area contributed by atoms with Crippen molar-refractivity contribution >= 4 is 33.2 Å². The lowest BCUT2D eigenvalue weighted by molar-refractivity contribution is -0.121. The molecule has 158 valence electrons. The third-order valence-electron chi connectivity index (χ3n) is 4.09. The first-order chi connectivity index (χ1) is 13.8. The van der Waals surface area contributed by atoms with E-state index < -0.39 is 21.5 Å². The first-order valence-electron chi connectivity index (χ1n) is 9.08. The highest BCUT2D eigenvalue weighted by atomic mass is 32.2. The molecule has 29 heavy (non-hydrogen) atoms. The van der Waals surface area contributed by atoms with E-state index in [0.29, 0.717) is 18.0 Å². The molecule has 0 aliphatic carbocycles. The lowest BCUT2D eigenvalue weighted by Crippen LogP contribution is -2.38. The molecule has 0 unspecified atom stereocenters. The molecule has 0 aliphatic heterocycles. The Kier molecular flexibility index (Phi) is 8.11. The van der Waals surface area contributed by atoms with Crippen LogP contribution in [0.3, 0.4) is 0 Å². The molecule has 2 rings (SSSR count). The minimum absolute atomic E-state index is 0.0446. The predicted molar refractivity (Wildman–Crippen MR) is 110 cm³/mol. The number of hydrogen-bond acceptors (Lipinski definition) is 6. The van der Waals surface area contributed by atoms with Gasteiger partial charge >= 0.3 is 0 Å². The zero-order valence-corrected chi connectivity index (χ0v) is 17.9. The van der Waals surface area contributed by atoms with Gasteiger partial charge in [0.25, 0.3) is 11.5 Å². The van der Waals surface area contributed by atoms with E-state index in [1.807, 2.05) is 0 Å². The summed E-state index contributed by atoms with van der Waals surface area (Å²) in [7, 11) is -3.73. The van der Waals surface area contributed by atoms with E-state index in [4.69, 9.17) is 0 Å². The summed E-state index contributed by atoms with van der Waals surface area (Å²) < 4.78 is 27.5. The second kappa shape index (κ2) is 10.3. The summed E-state index contributed by atoms with van der Waals surface area (Å²) in [6, 6.07) is 5.84. The van der Waals surface area contributed by atoms with Crippen molar-refractivity contribution in [2.24, 2.45) is 0 Å². The molecule has 11 heteroatoms. The van der Waals surface area contributed by atoms with Gasteiger partial charge in [-0.2, -0.15) is 4.31 Å². The molecule has 2 N–H and O–H groups in total. The summed E-state index contributed by atoms with van der Waals surface area (Å²) in [6.07, 6.45) is 1.17. The van der Waals surface area contributed by atoms with E-state index in [-0.39, 0.29) is 30.4 Å². The van der Waals surface area contributed by atoms with E-state index in [1.54, 1.807) is 31.4 Å². The van der Waals surface area contributed by atoms with E-state index in [9.17, 15) is 22.8 Å². The maximum atomic E-state index is 12.6. The van der Waals surface area contributed by atoms with Gasteiger partial charge < -0.3 is 15.2 Å². The second-order valence-electron chi connectivity index (χ2n) is 6.00. The zero-order valence-electron chi connectivity index (χ0n) is 16.3. The lowest BCUT2D eigenvalue weighted by Gasteiger charge is -2.19. The summed E-state index contributed by atoms with van der Waals surface area (Å²) in [4.78, 5) is 36.5. The Morgan fingerprint density at radius 2 is 1.79 bits per heavy atom. The molecular weight excluding hydrogens is 416 g/mol. The Morgan fingerprint density at radius 3 is 2.41 bits per heavy atom. The molecular formula is C18H24N4O5S2. The number of aromatic nitrogens is 1. The normalized spacial score (nSPS) is 11.4. The fourth-order valence-corrected chi connectivity index (χ4v) is 4.70. The largest absolute Gasteiger partial charge is 0.353 e. The quantitative estimate of drug-likeness (QED) is 0.521. The van der Waals surface area contributed by atoms with Crippen molar-refractivity contribution < 1.29 is 18.0 Å². The van der Waals surface area contributed by atoms with Gasteiger partial charge in [-0.15, -0.1) is 11.3 Å². The Labute approximate surface area is 173 Å². The van der Waals surface area contributed by atoms with Crippen LogP contribution in [0.5, 0.6) is 0 Å². The van der Waals surface area contributed by atoms with Gasteiger partial charge in [-0.05, 0) is 17.5 Å². The maximum absolute atomic E-state index is 12.6. The fraction of sp³-hybridized carbons (Fsp3) is 0.389. The zero-order chi connectivity index (χ0) is 21.4. The highest BCUT2D eigenvalue weighted by molar-refractivity contribution is 7.89. The van der Waals surface area contributed by atoms with E-state index in [1.165, 1.54) is 27.9 Å². The Bertz CT molecular complexity index is 996. The molecule has 0 aromatic carbocycles. The number of carbonyl (C=O) groups is 2.